The smallest absolute Gasteiger partial charge is 0.336 e. The molecule has 0 radical (unpaired) electrons. The summed E-state index contributed by atoms with van der Waals surface area (Å²) in [5, 5.41) is 13.3. The maximum Gasteiger partial charge on any atom is 0.336 e. The molecule has 0 unspecified atom stereocenters. The van der Waals surface area contributed by atoms with E-state index in [2.05, 4.69) is 15.1 Å². The van der Waals surface area contributed by atoms with Crippen molar-refractivity contribution in [2.75, 3.05) is 36.4 Å². The van der Waals surface area contributed by atoms with Crippen LogP contribution in [0, 0.1) is 6.92 Å². The van der Waals surface area contributed by atoms with Gasteiger partial charge in [-0.25, -0.2) is 9.78 Å². The molecule has 7 nitrogen and oxygen atoms in total. The molecule has 3 aromatic rings. The zero-order chi connectivity index (χ0) is 24.4. The van der Waals surface area contributed by atoms with Gasteiger partial charge in [0.2, 0.25) is 0 Å². The first-order valence-electron chi connectivity index (χ1n) is 12.5. The van der Waals surface area contributed by atoms with E-state index in [1.807, 2.05) is 19.1 Å². The lowest BCUT2D eigenvalue weighted by Gasteiger charge is -2.41. The van der Waals surface area contributed by atoms with E-state index >= 15 is 0 Å². The van der Waals surface area contributed by atoms with Crippen molar-refractivity contribution in [3.05, 3.63) is 65.2 Å². The van der Waals surface area contributed by atoms with Gasteiger partial charge in [-0.3, -0.25) is 9.69 Å². The number of hydrogen-bond donors (Lipinski definition) is 2. The second kappa shape index (κ2) is 14.0. The van der Waals surface area contributed by atoms with Gasteiger partial charge in [0.25, 0.3) is 5.91 Å². The Hall–Kier alpha value is -2.58. The Morgan fingerprint density at radius 2 is 1.55 bits per heavy atom. The normalized spacial score (nSPS) is 16.1. The Morgan fingerprint density at radius 3 is 2.18 bits per heavy atom. The summed E-state index contributed by atoms with van der Waals surface area (Å²) in [4.78, 5) is 34.4. The maximum atomic E-state index is 12.6. The molecule has 1 aliphatic carbocycles. The predicted octanol–water partition coefficient (Wildman–Crippen LogP) is 6.21. The fourth-order valence-corrected chi connectivity index (χ4v) is 5.30. The van der Waals surface area contributed by atoms with Crippen LogP contribution in [0.3, 0.4) is 0 Å². The van der Waals surface area contributed by atoms with Gasteiger partial charge in [0.1, 0.15) is 5.82 Å². The average Bonchev–Trinajstić information content (AvgIpc) is 2.89. The number of carbonyl (C=O) groups is 2. The van der Waals surface area contributed by atoms with Crippen molar-refractivity contribution >= 4 is 71.5 Å². The SMILES string of the molecule is Cc1ccc(C(=O)Nc2ccc3nc(N4CCN(C5CCCCC5)CC4)cc(C(=O)O)c3c2)cc1.Cl.Cl.Cl. The van der Waals surface area contributed by atoms with E-state index in [1.54, 1.807) is 36.4 Å². The number of amides is 1. The number of rotatable bonds is 5. The van der Waals surface area contributed by atoms with Gasteiger partial charge < -0.3 is 15.3 Å². The number of benzene rings is 2. The summed E-state index contributed by atoms with van der Waals surface area (Å²) in [6, 6.07) is 14.9. The number of piperazine rings is 1. The largest absolute Gasteiger partial charge is 0.478 e. The predicted molar refractivity (Wildman–Crippen MR) is 160 cm³/mol. The number of aromatic carboxylic acids is 1. The van der Waals surface area contributed by atoms with E-state index in [4.69, 9.17) is 4.98 Å². The molecule has 206 valence electrons. The van der Waals surface area contributed by atoms with E-state index in [0.29, 0.717) is 34.0 Å². The number of anilines is 2. The molecule has 10 heteroatoms. The number of carbonyl (C=O) groups excluding carboxylic acids is 1. The van der Waals surface area contributed by atoms with E-state index in [0.717, 1.165) is 31.7 Å². The first-order valence-corrected chi connectivity index (χ1v) is 12.5. The zero-order valence-corrected chi connectivity index (χ0v) is 23.8. The number of hydrogen-bond acceptors (Lipinski definition) is 5. The third kappa shape index (κ3) is 7.08. The highest BCUT2D eigenvalue weighted by atomic mass is 35.5. The molecular formula is C28H35Cl3N4O3. The van der Waals surface area contributed by atoms with Gasteiger partial charge >= 0.3 is 5.97 Å². The molecule has 2 fully saturated rings. The van der Waals surface area contributed by atoms with Crippen LogP contribution in [0.15, 0.2) is 48.5 Å². The highest BCUT2D eigenvalue weighted by Gasteiger charge is 2.26. The number of carboxylic acid groups (broad SMARTS) is 1. The van der Waals surface area contributed by atoms with Gasteiger partial charge in [0.15, 0.2) is 0 Å². The molecular weight excluding hydrogens is 547 g/mol. The van der Waals surface area contributed by atoms with Gasteiger partial charge in [-0.1, -0.05) is 37.0 Å². The Labute approximate surface area is 242 Å². The number of aryl methyl sites for hydroxylation is 1. The molecule has 1 aromatic heterocycles. The molecule has 2 aliphatic rings. The number of nitrogens with zero attached hydrogens (tertiary/aromatic N) is 3. The maximum absolute atomic E-state index is 12.6. The number of aromatic nitrogens is 1. The number of fused-ring (bicyclic) bond motifs is 1. The number of halogens is 3. The van der Waals surface area contributed by atoms with Crippen molar-refractivity contribution in [3.63, 3.8) is 0 Å². The molecule has 0 bridgehead atoms. The molecule has 0 atom stereocenters. The quantitative estimate of drug-likeness (QED) is 0.372. The molecule has 5 rings (SSSR count). The van der Waals surface area contributed by atoms with Crippen LogP contribution >= 0.6 is 37.2 Å². The van der Waals surface area contributed by atoms with Gasteiger partial charge in [0.05, 0.1) is 11.1 Å². The Kier molecular flexibility index (Phi) is 11.6. The second-order valence-corrected chi connectivity index (χ2v) is 9.70. The standard InChI is InChI=1S/C28H32N4O3.3ClH/c1-19-7-9-20(10-8-19)27(33)29-21-11-12-25-23(17-21)24(28(34)35)18-26(30-25)32-15-13-31(14-16-32)22-5-3-2-4-6-22;;;/h7-12,17-18,22H,2-6,13-16H2,1H3,(H,29,33)(H,34,35);3*1H. The van der Waals surface area contributed by atoms with Crippen LogP contribution in [0.1, 0.15) is 58.4 Å². The molecule has 2 heterocycles. The van der Waals surface area contributed by atoms with E-state index < -0.39 is 5.97 Å². The number of nitrogens with one attached hydrogen (secondary N) is 1. The van der Waals surface area contributed by atoms with Crippen LogP contribution < -0.4 is 10.2 Å². The monoisotopic (exact) mass is 580 g/mol. The van der Waals surface area contributed by atoms with Crippen molar-refractivity contribution in [1.29, 1.82) is 0 Å². The van der Waals surface area contributed by atoms with Crippen LogP contribution in [0.5, 0.6) is 0 Å². The Bertz CT molecular complexity index is 1240. The zero-order valence-electron chi connectivity index (χ0n) is 21.4. The minimum Gasteiger partial charge on any atom is -0.478 e. The Balaban J connectivity index is 0.00000169. The number of pyridine rings is 1. The van der Waals surface area contributed by atoms with E-state index in [1.165, 1.54) is 32.1 Å². The summed E-state index contributed by atoms with van der Waals surface area (Å²) in [5.74, 6) is -0.530. The van der Waals surface area contributed by atoms with Gasteiger partial charge in [-0.2, -0.15) is 0 Å². The van der Waals surface area contributed by atoms with Crippen molar-refractivity contribution in [2.24, 2.45) is 0 Å². The molecule has 1 aliphatic heterocycles. The van der Waals surface area contributed by atoms with Crippen LogP contribution in [0.4, 0.5) is 11.5 Å². The Morgan fingerprint density at radius 1 is 0.895 bits per heavy atom. The summed E-state index contributed by atoms with van der Waals surface area (Å²) in [7, 11) is 0. The minimum absolute atomic E-state index is 0. The number of carboxylic acids is 1. The third-order valence-corrected chi connectivity index (χ3v) is 7.33. The minimum atomic E-state index is -0.999. The van der Waals surface area contributed by atoms with Crippen LogP contribution in [0.2, 0.25) is 0 Å². The topological polar surface area (TPSA) is 85.8 Å². The first-order chi connectivity index (χ1) is 17.0. The highest BCUT2D eigenvalue weighted by Crippen LogP contribution is 2.28. The highest BCUT2D eigenvalue weighted by molar-refractivity contribution is 6.08. The lowest BCUT2D eigenvalue weighted by molar-refractivity contribution is 0.0698. The summed E-state index contributed by atoms with van der Waals surface area (Å²) < 4.78 is 0. The van der Waals surface area contributed by atoms with Gasteiger partial charge in [-0.05, 0) is 56.2 Å². The molecule has 1 saturated heterocycles. The molecule has 2 N–H and O–H groups in total. The van der Waals surface area contributed by atoms with Crippen LogP contribution in [-0.4, -0.2) is 59.1 Å². The van der Waals surface area contributed by atoms with E-state index in [-0.39, 0.29) is 48.7 Å². The summed E-state index contributed by atoms with van der Waals surface area (Å²) >= 11 is 0. The van der Waals surface area contributed by atoms with Crippen molar-refractivity contribution in [3.8, 4) is 0 Å². The van der Waals surface area contributed by atoms with E-state index in [9.17, 15) is 14.7 Å². The van der Waals surface area contributed by atoms with Gasteiger partial charge in [-0.15, -0.1) is 37.2 Å². The summed E-state index contributed by atoms with van der Waals surface area (Å²) in [6.45, 7) is 5.63. The van der Waals surface area contributed by atoms with Gasteiger partial charge in [0, 0.05) is 48.9 Å². The second-order valence-electron chi connectivity index (χ2n) is 9.70. The van der Waals surface area contributed by atoms with Crippen LogP contribution in [0.25, 0.3) is 10.9 Å². The van der Waals surface area contributed by atoms with Crippen molar-refractivity contribution < 1.29 is 14.7 Å². The third-order valence-electron chi connectivity index (χ3n) is 7.33. The lowest BCUT2D eigenvalue weighted by atomic mass is 9.94. The fraction of sp³-hybridized carbons (Fsp3) is 0.393. The average molecular weight is 582 g/mol. The molecule has 1 saturated carbocycles. The summed E-state index contributed by atoms with van der Waals surface area (Å²) in [6.07, 6.45) is 6.59. The first kappa shape index (κ1) is 31.6. The van der Waals surface area contributed by atoms with Crippen LogP contribution in [-0.2, 0) is 0 Å². The molecule has 1 amide bonds. The lowest BCUT2D eigenvalue weighted by Crippen LogP contribution is -2.51. The molecule has 0 spiro atoms. The molecule has 38 heavy (non-hydrogen) atoms. The fourth-order valence-electron chi connectivity index (χ4n) is 5.30. The van der Waals surface area contributed by atoms with Crippen molar-refractivity contribution in [2.45, 2.75) is 45.1 Å². The summed E-state index contributed by atoms with van der Waals surface area (Å²) in [5.41, 5.74) is 2.99. The molecule has 2 aromatic carbocycles. The van der Waals surface area contributed by atoms with Crippen molar-refractivity contribution in [1.82, 2.24) is 9.88 Å².